The molecule has 2 fully saturated rings. The number of nitrogens with zero attached hydrogens (tertiary/aromatic N) is 4. The van der Waals surface area contributed by atoms with E-state index in [4.69, 9.17) is 9.72 Å². The van der Waals surface area contributed by atoms with Gasteiger partial charge in [-0.2, -0.15) is 0 Å². The lowest BCUT2D eigenvalue weighted by Gasteiger charge is -2.46. The van der Waals surface area contributed by atoms with Crippen LogP contribution in [0.1, 0.15) is 44.9 Å². The SMILES string of the molecule is CCOC(=O)Nc1ccc2c(c1)nc1n2CCN(C[C@H]2CCCN3CCCC[C@H]23)C1. The minimum atomic E-state index is -0.420. The van der Waals surface area contributed by atoms with E-state index in [1.165, 1.54) is 51.7 Å². The average Bonchev–Trinajstić information content (AvgIpc) is 3.11. The van der Waals surface area contributed by atoms with E-state index in [2.05, 4.69) is 25.8 Å². The summed E-state index contributed by atoms with van der Waals surface area (Å²) in [6.45, 7) is 8.96. The summed E-state index contributed by atoms with van der Waals surface area (Å²) in [5.74, 6) is 1.94. The van der Waals surface area contributed by atoms with Crippen molar-refractivity contribution in [1.82, 2.24) is 19.4 Å². The van der Waals surface area contributed by atoms with Gasteiger partial charge in [-0.05, 0) is 69.8 Å². The number of imidazole rings is 1. The van der Waals surface area contributed by atoms with Gasteiger partial charge in [0.2, 0.25) is 0 Å². The summed E-state index contributed by atoms with van der Waals surface area (Å²) < 4.78 is 7.32. The van der Waals surface area contributed by atoms with Crippen LogP contribution in [-0.4, -0.2) is 64.3 Å². The predicted octanol–water partition coefficient (Wildman–Crippen LogP) is 3.68. The summed E-state index contributed by atoms with van der Waals surface area (Å²) in [6, 6.07) is 6.73. The number of aromatic nitrogens is 2. The fourth-order valence-electron chi connectivity index (χ4n) is 5.71. The van der Waals surface area contributed by atoms with Crippen molar-refractivity contribution in [1.29, 1.82) is 0 Å². The molecule has 7 heteroatoms. The van der Waals surface area contributed by atoms with Crippen LogP contribution in [0.4, 0.5) is 10.5 Å². The first-order valence-corrected chi connectivity index (χ1v) is 11.6. The summed E-state index contributed by atoms with van der Waals surface area (Å²) in [7, 11) is 0. The number of ether oxygens (including phenoxy) is 1. The molecule has 0 spiro atoms. The molecule has 3 aliphatic rings. The molecule has 162 valence electrons. The van der Waals surface area contributed by atoms with Crippen LogP contribution >= 0.6 is 0 Å². The Hall–Kier alpha value is -2.12. The third-order valence-corrected chi connectivity index (χ3v) is 7.08. The number of carbonyl (C=O) groups excluding carboxylic acids is 1. The van der Waals surface area contributed by atoms with E-state index < -0.39 is 6.09 Å². The number of piperidine rings is 2. The third-order valence-electron chi connectivity index (χ3n) is 7.08. The van der Waals surface area contributed by atoms with Gasteiger partial charge in [0.15, 0.2) is 0 Å². The van der Waals surface area contributed by atoms with Crippen LogP contribution in [0.2, 0.25) is 0 Å². The molecule has 2 atom stereocenters. The Kier molecular flexibility index (Phi) is 5.65. The van der Waals surface area contributed by atoms with Crippen molar-refractivity contribution < 1.29 is 9.53 Å². The standard InChI is InChI=1S/C23H33N5O2/c1-2-30-23(29)24-18-8-9-21-19(14-18)25-22-16-26(12-13-28(21)22)15-17-6-5-11-27-10-4-3-7-20(17)27/h8-9,14,17,20H,2-7,10-13,15-16H2,1H3,(H,24,29)/t17-,20-/m1/s1. The number of benzene rings is 1. The lowest BCUT2D eigenvalue weighted by molar-refractivity contribution is 0.0353. The molecule has 0 saturated carbocycles. The Morgan fingerprint density at radius 3 is 2.97 bits per heavy atom. The fourth-order valence-corrected chi connectivity index (χ4v) is 5.71. The Balaban J connectivity index is 1.28. The highest BCUT2D eigenvalue weighted by Gasteiger charge is 2.34. The van der Waals surface area contributed by atoms with Crippen LogP contribution in [-0.2, 0) is 17.8 Å². The first kappa shape index (κ1) is 19.8. The summed E-state index contributed by atoms with van der Waals surface area (Å²) in [5.41, 5.74) is 2.82. The number of fused-ring (bicyclic) bond motifs is 4. The maximum atomic E-state index is 11.7. The zero-order valence-corrected chi connectivity index (χ0v) is 18.0. The van der Waals surface area contributed by atoms with E-state index >= 15 is 0 Å². The Morgan fingerprint density at radius 2 is 2.07 bits per heavy atom. The number of carbonyl (C=O) groups is 1. The molecule has 0 radical (unpaired) electrons. The molecule has 0 unspecified atom stereocenters. The molecule has 0 aliphatic carbocycles. The molecule has 3 aliphatic heterocycles. The van der Waals surface area contributed by atoms with Gasteiger partial charge in [-0.1, -0.05) is 6.42 Å². The van der Waals surface area contributed by atoms with Crippen LogP contribution < -0.4 is 5.32 Å². The van der Waals surface area contributed by atoms with Gasteiger partial charge >= 0.3 is 6.09 Å². The smallest absolute Gasteiger partial charge is 0.411 e. The van der Waals surface area contributed by atoms with E-state index in [9.17, 15) is 4.79 Å². The highest BCUT2D eigenvalue weighted by Crippen LogP contribution is 2.32. The molecule has 0 bridgehead atoms. The zero-order valence-electron chi connectivity index (χ0n) is 18.0. The van der Waals surface area contributed by atoms with Crippen LogP contribution in [0, 0.1) is 5.92 Å². The Bertz CT molecular complexity index is 908. The molecule has 4 heterocycles. The molecule has 7 nitrogen and oxygen atoms in total. The van der Waals surface area contributed by atoms with Gasteiger partial charge in [-0.15, -0.1) is 0 Å². The van der Waals surface area contributed by atoms with Crippen molar-refractivity contribution in [2.75, 3.05) is 38.1 Å². The molecule has 2 aromatic rings. The van der Waals surface area contributed by atoms with Crippen LogP contribution in [0.15, 0.2) is 18.2 Å². The normalized spacial score (nSPS) is 25.0. The largest absolute Gasteiger partial charge is 0.450 e. The third kappa shape index (κ3) is 3.93. The number of hydrogen-bond acceptors (Lipinski definition) is 5. The number of hydrogen-bond donors (Lipinski definition) is 1. The molecule has 1 aromatic heterocycles. The van der Waals surface area contributed by atoms with E-state index in [-0.39, 0.29) is 0 Å². The van der Waals surface area contributed by atoms with Crippen molar-refractivity contribution in [2.24, 2.45) is 5.92 Å². The number of rotatable bonds is 4. The maximum Gasteiger partial charge on any atom is 0.411 e. The topological polar surface area (TPSA) is 62.6 Å². The summed E-state index contributed by atoms with van der Waals surface area (Å²) in [6.07, 6.45) is 6.46. The molecule has 1 N–H and O–H groups in total. The fraction of sp³-hybridized carbons (Fsp3) is 0.652. The number of nitrogens with one attached hydrogen (secondary N) is 1. The van der Waals surface area contributed by atoms with Crippen molar-refractivity contribution in [3.63, 3.8) is 0 Å². The number of amides is 1. The molecule has 5 rings (SSSR count). The first-order valence-electron chi connectivity index (χ1n) is 11.6. The second-order valence-corrected chi connectivity index (χ2v) is 8.97. The lowest BCUT2D eigenvalue weighted by Crippen LogP contribution is -2.51. The van der Waals surface area contributed by atoms with Crippen LogP contribution in [0.5, 0.6) is 0 Å². The molecule has 1 amide bonds. The van der Waals surface area contributed by atoms with Crippen LogP contribution in [0.25, 0.3) is 11.0 Å². The quantitative estimate of drug-likeness (QED) is 0.831. The van der Waals surface area contributed by atoms with Gasteiger partial charge in [-0.25, -0.2) is 9.78 Å². The Labute approximate surface area is 178 Å². The lowest BCUT2D eigenvalue weighted by atomic mass is 9.83. The minimum Gasteiger partial charge on any atom is -0.450 e. The first-order chi connectivity index (χ1) is 14.7. The van der Waals surface area contributed by atoms with Gasteiger partial charge in [0, 0.05) is 31.4 Å². The monoisotopic (exact) mass is 411 g/mol. The molecule has 1 aromatic carbocycles. The highest BCUT2D eigenvalue weighted by atomic mass is 16.5. The van der Waals surface area contributed by atoms with Gasteiger partial charge in [0.25, 0.3) is 0 Å². The molecular formula is C23H33N5O2. The van der Waals surface area contributed by atoms with E-state index in [0.29, 0.717) is 6.61 Å². The zero-order chi connectivity index (χ0) is 20.5. The minimum absolute atomic E-state index is 0.363. The maximum absolute atomic E-state index is 11.7. The van der Waals surface area contributed by atoms with E-state index in [1.807, 2.05) is 12.1 Å². The summed E-state index contributed by atoms with van der Waals surface area (Å²) in [4.78, 5) is 22.0. The number of anilines is 1. The highest BCUT2D eigenvalue weighted by molar-refractivity contribution is 5.89. The Morgan fingerprint density at radius 1 is 1.17 bits per heavy atom. The van der Waals surface area contributed by atoms with Crippen molar-refractivity contribution in [2.45, 2.75) is 58.2 Å². The van der Waals surface area contributed by atoms with E-state index in [0.717, 1.165) is 54.1 Å². The summed E-state index contributed by atoms with van der Waals surface area (Å²) in [5, 5.41) is 2.78. The van der Waals surface area contributed by atoms with Crippen molar-refractivity contribution in [3.8, 4) is 0 Å². The van der Waals surface area contributed by atoms with Crippen molar-refractivity contribution in [3.05, 3.63) is 24.0 Å². The molecular weight excluding hydrogens is 378 g/mol. The van der Waals surface area contributed by atoms with Gasteiger partial charge in [-0.3, -0.25) is 10.2 Å². The average molecular weight is 412 g/mol. The van der Waals surface area contributed by atoms with Gasteiger partial charge in [0.05, 0.1) is 24.2 Å². The molecule has 30 heavy (non-hydrogen) atoms. The summed E-state index contributed by atoms with van der Waals surface area (Å²) >= 11 is 0. The van der Waals surface area contributed by atoms with Gasteiger partial charge < -0.3 is 14.2 Å². The van der Waals surface area contributed by atoms with Crippen molar-refractivity contribution >= 4 is 22.8 Å². The van der Waals surface area contributed by atoms with E-state index in [1.54, 1.807) is 6.92 Å². The second-order valence-electron chi connectivity index (χ2n) is 8.97. The predicted molar refractivity (Wildman–Crippen MR) is 118 cm³/mol. The van der Waals surface area contributed by atoms with Crippen LogP contribution in [0.3, 0.4) is 0 Å². The molecule has 2 saturated heterocycles. The second kappa shape index (κ2) is 8.55. The van der Waals surface area contributed by atoms with Gasteiger partial charge in [0.1, 0.15) is 5.82 Å².